The van der Waals surface area contributed by atoms with Gasteiger partial charge in [-0.05, 0) is 24.5 Å². The Morgan fingerprint density at radius 2 is 2.13 bits per heavy atom. The largest absolute Gasteiger partial charge is 0.355 e. The number of carbonyl (C=O) groups is 1. The third-order valence-corrected chi connectivity index (χ3v) is 2.67. The van der Waals surface area contributed by atoms with E-state index in [1.165, 1.54) is 0 Å². The lowest BCUT2D eigenvalue weighted by molar-refractivity contribution is -0.120. The summed E-state index contributed by atoms with van der Waals surface area (Å²) in [6.45, 7) is 4.64. The minimum atomic E-state index is -0.585. The van der Waals surface area contributed by atoms with Gasteiger partial charge in [0, 0.05) is 6.54 Å². The van der Waals surface area contributed by atoms with Crippen LogP contribution in [0, 0.1) is 6.92 Å². The number of nitrogens with one attached hydrogen (secondary N) is 1. The van der Waals surface area contributed by atoms with Gasteiger partial charge in [-0.25, -0.2) is 0 Å². The normalized spacial score (nSPS) is 12.2. The standard InChI is InChI=1S/C12H16ClNO/c1-3-8-14-12(15)11(13)10-7-5-4-6-9(10)2/h4-7,11H,3,8H2,1-2H3,(H,14,15). The molecule has 0 aliphatic heterocycles. The fourth-order valence-electron chi connectivity index (χ4n) is 1.35. The van der Waals surface area contributed by atoms with Crippen molar-refractivity contribution < 1.29 is 4.79 Å². The van der Waals surface area contributed by atoms with Crippen molar-refractivity contribution in [1.82, 2.24) is 5.32 Å². The lowest BCUT2D eigenvalue weighted by Gasteiger charge is -2.12. The molecule has 0 spiro atoms. The van der Waals surface area contributed by atoms with Crippen molar-refractivity contribution in [2.75, 3.05) is 6.54 Å². The summed E-state index contributed by atoms with van der Waals surface area (Å²) < 4.78 is 0. The Morgan fingerprint density at radius 1 is 1.47 bits per heavy atom. The highest BCUT2D eigenvalue weighted by atomic mass is 35.5. The van der Waals surface area contributed by atoms with E-state index in [1.807, 2.05) is 38.1 Å². The smallest absolute Gasteiger partial charge is 0.242 e. The summed E-state index contributed by atoms with van der Waals surface area (Å²) in [5.74, 6) is -0.118. The van der Waals surface area contributed by atoms with E-state index in [0.29, 0.717) is 6.54 Å². The second kappa shape index (κ2) is 5.76. The van der Waals surface area contributed by atoms with Gasteiger partial charge in [0.15, 0.2) is 0 Å². The maximum Gasteiger partial charge on any atom is 0.242 e. The number of benzene rings is 1. The predicted molar refractivity (Wildman–Crippen MR) is 63.1 cm³/mol. The van der Waals surface area contributed by atoms with E-state index < -0.39 is 5.38 Å². The summed E-state index contributed by atoms with van der Waals surface area (Å²) in [5, 5.41) is 2.20. The number of rotatable bonds is 4. The molecular weight excluding hydrogens is 210 g/mol. The van der Waals surface area contributed by atoms with E-state index in [2.05, 4.69) is 5.32 Å². The van der Waals surface area contributed by atoms with Crippen LogP contribution in [0.1, 0.15) is 29.8 Å². The van der Waals surface area contributed by atoms with Crippen LogP contribution >= 0.6 is 11.6 Å². The van der Waals surface area contributed by atoms with Gasteiger partial charge in [0.1, 0.15) is 5.38 Å². The van der Waals surface area contributed by atoms with Gasteiger partial charge in [-0.3, -0.25) is 4.79 Å². The number of carbonyl (C=O) groups excluding carboxylic acids is 1. The average molecular weight is 226 g/mol. The Bertz CT molecular complexity index is 338. The average Bonchev–Trinajstić information content (AvgIpc) is 2.25. The molecule has 82 valence electrons. The van der Waals surface area contributed by atoms with E-state index in [1.54, 1.807) is 0 Å². The lowest BCUT2D eigenvalue weighted by atomic mass is 10.1. The highest BCUT2D eigenvalue weighted by molar-refractivity contribution is 6.30. The molecule has 1 atom stereocenters. The van der Waals surface area contributed by atoms with Crippen LogP contribution in [0.25, 0.3) is 0 Å². The van der Waals surface area contributed by atoms with E-state index in [9.17, 15) is 4.79 Å². The zero-order chi connectivity index (χ0) is 11.3. The number of alkyl halides is 1. The SMILES string of the molecule is CCCNC(=O)C(Cl)c1ccccc1C. The molecule has 0 aliphatic carbocycles. The molecule has 0 aliphatic rings. The van der Waals surface area contributed by atoms with Crippen molar-refractivity contribution in [3.63, 3.8) is 0 Å². The summed E-state index contributed by atoms with van der Waals surface area (Å²) in [7, 11) is 0. The number of amides is 1. The van der Waals surface area contributed by atoms with Crippen molar-refractivity contribution in [1.29, 1.82) is 0 Å². The maximum absolute atomic E-state index is 11.6. The number of hydrogen-bond donors (Lipinski definition) is 1. The van der Waals surface area contributed by atoms with Gasteiger partial charge >= 0.3 is 0 Å². The van der Waals surface area contributed by atoms with Gasteiger partial charge < -0.3 is 5.32 Å². The Hall–Kier alpha value is -1.02. The Balaban J connectivity index is 2.72. The first-order valence-electron chi connectivity index (χ1n) is 5.14. The Labute approximate surface area is 95.6 Å². The minimum Gasteiger partial charge on any atom is -0.355 e. The summed E-state index contributed by atoms with van der Waals surface area (Å²) in [6, 6.07) is 7.67. The van der Waals surface area contributed by atoms with Gasteiger partial charge in [0.25, 0.3) is 0 Å². The molecule has 0 aromatic heterocycles. The first-order valence-corrected chi connectivity index (χ1v) is 5.57. The number of halogens is 1. The fraction of sp³-hybridized carbons (Fsp3) is 0.417. The van der Waals surface area contributed by atoms with Gasteiger partial charge in [-0.2, -0.15) is 0 Å². The molecule has 1 aromatic rings. The van der Waals surface area contributed by atoms with Gasteiger partial charge in [0.05, 0.1) is 0 Å². The number of aryl methyl sites for hydroxylation is 1. The zero-order valence-corrected chi connectivity index (χ0v) is 9.84. The Kier molecular flexibility index (Phi) is 4.63. The fourth-order valence-corrected chi connectivity index (χ4v) is 1.67. The van der Waals surface area contributed by atoms with Crippen molar-refractivity contribution in [2.45, 2.75) is 25.6 Å². The molecule has 15 heavy (non-hydrogen) atoms. The minimum absolute atomic E-state index is 0.118. The second-order valence-electron chi connectivity index (χ2n) is 3.51. The molecule has 1 amide bonds. The van der Waals surface area contributed by atoms with Crippen LogP contribution < -0.4 is 5.32 Å². The highest BCUT2D eigenvalue weighted by Crippen LogP contribution is 2.23. The van der Waals surface area contributed by atoms with Gasteiger partial charge in [-0.1, -0.05) is 31.2 Å². The molecule has 1 aromatic carbocycles. The molecule has 0 saturated heterocycles. The lowest BCUT2D eigenvalue weighted by Crippen LogP contribution is -2.27. The third kappa shape index (κ3) is 3.24. The second-order valence-corrected chi connectivity index (χ2v) is 3.95. The van der Waals surface area contributed by atoms with Gasteiger partial charge in [0.2, 0.25) is 5.91 Å². The summed E-state index contributed by atoms with van der Waals surface area (Å²) in [5.41, 5.74) is 1.93. The van der Waals surface area contributed by atoms with Crippen molar-refractivity contribution in [2.24, 2.45) is 0 Å². The van der Waals surface area contributed by atoms with E-state index >= 15 is 0 Å². The van der Waals surface area contributed by atoms with Crippen LogP contribution in [-0.2, 0) is 4.79 Å². The van der Waals surface area contributed by atoms with Crippen LogP contribution in [0.5, 0.6) is 0 Å². The summed E-state index contributed by atoms with van der Waals surface area (Å²) >= 11 is 6.09. The van der Waals surface area contributed by atoms with E-state index in [0.717, 1.165) is 17.5 Å². The van der Waals surface area contributed by atoms with E-state index in [4.69, 9.17) is 11.6 Å². The predicted octanol–water partition coefficient (Wildman–Crippen LogP) is 2.80. The topological polar surface area (TPSA) is 29.1 Å². The van der Waals surface area contributed by atoms with Crippen LogP contribution in [0.3, 0.4) is 0 Å². The molecule has 0 radical (unpaired) electrons. The molecule has 2 nitrogen and oxygen atoms in total. The Morgan fingerprint density at radius 3 is 2.73 bits per heavy atom. The van der Waals surface area contributed by atoms with Crippen LogP contribution in [0.4, 0.5) is 0 Å². The molecule has 1 unspecified atom stereocenters. The molecule has 1 N–H and O–H groups in total. The van der Waals surface area contributed by atoms with Crippen LogP contribution in [0.15, 0.2) is 24.3 Å². The monoisotopic (exact) mass is 225 g/mol. The molecular formula is C12H16ClNO. The molecule has 3 heteroatoms. The highest BCUT2D eigenvalue weighted by Gasteiger charge is 2.18. The number of hydrogen-bond acceptors (Lipinski definition) is 1. The third-order valence-electron chi connectivity index (χ3n) is 2.24. The summed E-state index contributed by atoms with van der Waals surface area (Å²) in [6.07, 6.45) is 0.920. The van der Waals surface area contributed by atoms with Crippen LogP contribution in [-0.4, -0.2) is 12.5 Å². The molecule has 0 fully saturated rings. The first kappa shape index (κ1) is 12.1. The maximum atomic E-state index is 11.6. The quantitative estimate of drug-likeness (QED) is 0.785. The van der Waals surface area contributed by atoms with Crippen molar-refractivity contribution >= 4 is 17.5 Å². The first-order chi connectivity index (χ1) is 7.16. The van der Waals surface area contributed by atoms with E-state index in [-0.39, 0.29) is 5.91 Å². The molecule has 0 saturated carbocycles. The summed E-state index contributed by atoms with van der Waals surface area (Å²) in [4.78, 5) is 11.6. The van der Waals surface area contributed by atoms with Gasteiger partial charge in [-0.15, -0.1) is 11.6 Å². The van der Waals surface area contributed by atoms with Crippen molar-refractivity contribution in [3.8, 4) is 0 Å². The molecule has 0 bridgehead atoms. The molecule has 0 heterocycles. The zero-order valence-electron chi connectivity index (χ0n) is 9.09. The van der Waals surface area contributed by atoms with Crippen LogP contribution in [0.2, 0.25) is 0 Å². The molecule has 1 rings (SSSR count). The van der Waals surface area contributed by atoms with Crippen molar-refractivity contribution in [3.05, 3.63) is 35.4 Å².